The monoisotopic (exact) mass is 402 g/mol. The molecule has 0 aliphatic rings. The minimum Gasteiger partial charge on any atom is -0.464 e. The van der Waals surface area contributed by atoms with E-state index in [1.165, 1.54) is 0 Å². The molecule has 0 aliphatic heterocycles. The summed E-state index contributed by atoms with van der Waals surface area (Å²) in [7, 11) is 0. The van der Waals surface area contributed by atoms with Gasteiger partial charge in [-0.05, 0) is 38.0 Å². The Bertz CT molecular complexity index is 672. The Kier molecular flexibility index (Phi) is 10.9. The van der Waals surface area contributed by atoms with Crippen LogP contribution in [0.3, 0.4) is 0 Å². The van der Waals surface area contributed by atoms with Crippen LogP contribution in [0.5, 0.6) is 0 Å². The second-order valence-electron chi connectivity index (χ2n) is 6.15. The number of nitrogens with one attached hydrogen (secondary N) is 1. The van der Waals surface area contributed by atoms with E-state index in [1.807, 2.05) is 36.4 Å². The average molecular weight is 402 g/mol. The molecule has 0 spiro atoms. The Morgan fingerprint density at radius 2 is 1.52 bits per heavy atom. The molecule has 0 unspecified atom stereocenters. The molecular formula is C22H30N2O5. The third kappa shape index (κ3) is 8.21. The average Bonchev–Trinajstić information content (AvgIpc) is 2.71. The lowest BCUT2D eigenvalue weighted by atomic mass is 10.1. The summed E-state index contributed by atoms with van der Waals surface area (Å²) >= 11 is 0. The van der Waals surface area contributed by atoms with Gasteiger partial charge < -0.3 is 19.7 Å². The minimum absolute atomic E-state index is 0.103. The Morgan fingerprint density at radius 1 is 1.00 bits per heavy atom. The molecule has 0 saturated carbocycles. The van der Waals surface area contributed by atoms with Crippen molar-refractivity contribution in [2.24, 2.45) is 0 Å². The minimum atomic E-state index is -1.45. The van der Waals surface area contributed by atoms with Crippen LogP contribution in [0.15, 0.2) is 49.6 Å². The van der Waals surface area contributed by atoms with E-state index in [4.69, 9.17) is 9.47 Å². The van der Waals surface area contributed by atoms with Gasteiger partial charge >= 0.3 is 11.9 Å². The molecule has 29 heavy (non-hydrogen) atoms. The maximum absolute atomic E-state index is 12.2. The number of benzene rings is 1. The van der Waals surface area contributed by atoms with E-state index in [0.717, 1.165) is 11.3 Å². The SMILES string of the molecule is C=CCN(CC=C)c1ccc(CCC(=O)NC(C(=O)OCC)C(=O)OCC)cc1. The van der Waals surface area contributed by atoms with Crippen LogP contribution in [0, 0.1) is 0 Å². The number of nitrogens with zero attached hydrogens (tertiary/aromatic N) is 1. The highest BCUT2D eigenvalue weighted by Gasteiger charge is 2.31. The Labute approximate surface area is 172 Å². The zero-order valence-electron chi connectivity index (χ0n) is 17.2. The number of rotatable bonds is 13. The quantitative estimate of drug-likeness (QED) is 0.310. The second-order valence-corrected chi connectivity index (χ2v) is 6.15. The van der Waals surface area contributed by atoms with Crippen molar-refractivity contribution in [2.45, 2.75) is 32.7 Å². The molecule has 1 rings (SSSR count). The van der Waals surface area contributed by atoms with Crippen LogP contribution in [0.4, 0.5) is 5.69 Å². The Balaban J connectivity index is 2.67. The first-order valence-corrected chi connectivity index (χ1v) is 9.65. The van der Waals surface area contributed by atoms with Crippen molar-refractivity contribution >= 4 is 23.5 Å². The van der Waals surface area contributed by atoms with Crippen LogP contribution < -0.4 is 10.2 Å². The van der Waals surface area contributed by atoms with Crippen molar-refractivity contribution in [3.63, 3.8) is 0 Å². The summed E-state index contributed by atoms with van der Waals surface area (Å²) in [6.07, 6.45) is 4.24. The van der Waals surface area contributed by atoms with Gasteiger partial charge in [0.2, 0.25) is 11.9 Å². The smallest absolute Gasteiger partial charge is 0.340 e. The van der Waals surface area contributed by atoms with Crippen molar-refractivity contribution in [3.8, 4) is 0 Å². The number of anilines is 1. The molecule has 0 atom stereocenters. The van der Waals surface area contributed by atoms with Crippen LogP contribution in [-0.2, 0) is 30.3 Å². The number of aryl methyl sites for hydroxylation is 1. The summed E-state index contributed by atoms with van der Waals surface area (Å²) in [5.74, 6) is -2.08. The summed E-state index contributed by atoms with van der Waals surface area (Å²) in [5, 5.41) is 2.40. The van der Waals surface area contributed by atoms with Gasteiger partial charge in [0.05, 0.1) is 13.2 Å². The van der Waals surface area contributed by atoms with Crippen LogP contribution >= 0.6 is 0 Å². The molecule has 0 saturated heterocycles. The number of esters is 2. The summed E-state index contributed by atoms with van der Waals surface area (Å²) in [6.45, 7) is 12.4. The van der Waals surface area contributed by atoms with Gasteiger partial charge in [0.25, 0.3) is 0 Å². The molecule has 0 fully saturated rings. The highest BCUT2D eigenvalue weighted by Crippen LogP contribution is 2.16. The molecule has 1 amide bonds. The molecule has 7 nitrogen and oxygen atoms in total. The van der Waals surface area contributed by atoms with Gasteiger partial charge in [0, 0.05) is 25.2 Å². The van der Waals surface area contributed by atoms with Crippen LogP contribution in [0.2, 0.25) is 0 Å². The number of amides is 1. The molecule has 1 aromatic rings. The standard InChI is InChI=1S/C22H30N2O5/c1-5-15-24(16-6-2)18-12-9-17(10-13-18)11-14-19(25)23-20(21(26)28-7-3)22(27)29-8-4/h5-6,9-10,12-13,20H,1-2,7-8,11,14-16H2,3-4H3,(H,23,25). The maximum Gasteiger partial charge on any atom is 0.340 e. The van der Waals surface area contributed by atoms with E-state index in [2.05, 4.69) is 23.4 Å². The molecule has 0 aromatic heterocycles. The van der Waals surface area contributed by atoms with E-state index < -0.39 is 23.9 Å². The van der Waals surface area contributed by atoms with Gasteiger partial charge in [0.1, 0.15) is 0 Å². The van der Waals surface area contributed by atoms with E-state index in [0.29, 0.717) is 19.5 Å². The van der Waals surface area contributed by atoms with Gasteiger partial charge in [-0.1, -0.05) is 24.3 Å². The molecule has 1 aromatic carbocycles. The number of hydrogen-bond acceptors (Lipinski definition) is 6. The topological polar surface area (TPSA) is 84.9 Å². The molecule has 0 aliphatic carbocycles. The number of hydrogen-bond donors (Lipinski definition) is 1. The predicted molar refractivity (Wildman–Crippen MR) is 113 cm³/mol. The zero-order valence-corrected chi connectivity index (χ0v) is 17.2. The highest BCUT2D eigenvalue weighted by molar-refractivity contribution is 6.02. The number of carbonyl (C=O) groups excluding carboxylic acids is 3. The van der Waals surface area contributed by atoms with E-state index >= 15 is 0 Å². The fourth-order valence-electron chi connectivity index (χ4n) is 2.63. The first-order chi connectivity index (χ1) is 14.0. The molecule has 7 heteroatoms. The largest absolute Gasteiger partial charge is 0.464 e. The molecule has 158 valence electrons. The molecule has 0 radical (unpaired) electrons. The maximum atomic E-state index is 12.2. The van der Waals surface area contributed by atoms with Crippen molar-refractivity contribution in [1.82, 2.24) is 5.32 Å². The fourth-order valence-corrected chi connectivity index (χ4v) is 2.63. The Morgan fingerprint density at radius 3 is 1.97 bits per heavy atom. The highest BCUT2D eigenvalue weighted by atomic mass is 16.6. The van der Waals surface area contributed by atoms with Crippen molar-refractivity contribution in [2.75, 3.05) is 31.2 Å². The van der Waals surface area contributed by atoms with Crippen LogP contribution in [0.25, 0.3) is 0 Å². The first kappa shape index (κ1) is 23.9. The molecule has 0 heterocycles. The van der Waals surface area contributed by atoms with Crippen molar-refractivity contribution < 1.29 is 23.9 Å². The van der Waals surface area contributed by atoms with Crippen LogP contribution in [0.1, 0.15) is 25.8 Å². The predicted octanol–water partition coefficient (Wildman–Crippen LogP) is 2.41. The third-order valence-corrected chi connectivity index (χ3v) is 3.99. The molecular weight excluding hydrogens is 372 g/mol. The second kappa shape index (κ2) is 13.1. The van der Waals surface area contributed by atoms with Crippen molar-refractivity contribution in [1.29, 1.82) is 0 Å². The third-order valence-electron chi connectivity index (χ3n) is 3.99. The van der Waals surface area contributed by atoms with Crippen LogP contribution in [-0.4, -0.2) is 50.2 Å². The number of ether oxygens (including phenoxy) is 2. The normalized spacial score (nSPS) is 10.2. The summed E-state index contributed by atoms with van der Waals surface area (Å²) in [6, 6.07) is 6.38. The molecule has 0 bridgehead atoms. The van der Waals surface area contributed by atoms with Crippen molar-refractivity contribution in [3.05, 3.63) is 55.1 Å². The zero-order chi connectivity index (χ0) is 21.6. The van der Waals surface area contributed by atoms with Gasteiger partial charge in [0.15, 0.2) is 0 Å². The fraction of sp³-hybridized carbons (Fsp3) is 0.409. The lowest BCUT2D eigenvalue weighted by Gasteiger charge is -2.21. The van der Waals surface area contributed by atoms with E-state index in [1.54, 1.807) is 13.8 Å². The van der Waals surface area contributed by atoms with Gasteiger partial charge in [-0.3, -0.25) is 4.79 Å². The van der Waals surface area contributed by atoms with Gasteiger partial charge in [-0.15, -0.1) is 13.2 Å². The summed E-state index contributed by atoms with van der Waals surface area (Å²) < 4.78 is 9.67. The lowest BCUT2D eigenvalue weighted by Crippen LogP contribution is -2.48. The van der Waals surface area contributed by atoms with E-state index in [9.17, 15) is 14.4 Å². The molecule has 1 N–H and O–H groups in total. The lowest BCUT2D eigenvalue weighted by molar-refractivity contribution is -0.159. The number of carbonyl (C=O) groups is 3. The van der Waals surface area contributed by atoms with E-state index in [-0.39, 0.29) is 19.6 Å². The van der Waals surface area contributed by atoms with Gasteiger partial charge in [-0.25, -0.2) is 9.59 Å². The first-order valence-electron chi connectivity index (χ1n) is 9.65. The van der Waals surface area contributed by atoms with Gasteiger partial charge in [-0.2, -0.15) is 0 Å². The summed E-state index contributed by atoms with van der Waals surface area (Å²) in [5.41, 5.74) is 1.99. The summed E-state index contributed by atoms with van der Waals surface area (Å²) in [4.78, 5) is 38.2. The Hall–Kier alpha value is -3.09.